The molecule has 0 N–H and O–H groups in total. The average molecular weight is 304 g/mol. The molecule has 0 saturated carbocycles. The molecule has 0 spiro atoms. The summed E-state index contributed by atoms with van der Waals surface area (Å²) < 4.78 is 54.0. The van der Waals surface area contributed by atoms with E-state index in [1.165, 1.54) is 0 Å². The summed E-state index contributed by atoms with van der Waals surface area (Å²) in [6, 6.07) is 13.6. The fourth-order valence-electron chi connectivity index (χ4n) is 2.70. The Labute approximate surface area is 125 Å². The lowest BCUT2D eigenvalue weighted by Crippen LogP contribution is -2.06. The smallest absolute Gasteiger partial charge is 0.197 e. The fraction of sp³-hybridized carbons (Fsp3) is 0.111. The van der Waals surface area contributed by atoms with Crippen LogP contribution in [0.15, 0.2) is 48.5 Å². The molecule has 0 bridgehead atoms. The lowest BCUT2D eigenvalue weighted by molar-refractivity contribution is 0.402. The van der Waals surface area contributed by atoms with E-state index in [9.17, 15) is 17.6 Å². The first kappa shape index (κ1) is 14.6. The van der Waals surface area contributed by atoms with Crippen LogP contribution in [0.25, 0.3) is 10.8 Å². The SMILES string of the molecule is CC(c1cc(F)c(F)c(F)c1F)c1cccc2ccccc12. The van der Waals surface area contributed by atoms with E-state index in [0.717, 1.165) is 22.4 Å². The van der Waals surface area contributed by atoms with Gasteiger partial charge in [-0.15, -0.1) is 0 Å². The van der Waals surface area contributed by atoms with Crippen molar-refractivity contribution in [2.24, 2.45) is 0 Å². The summed E-state index contributed by atoms with van der Waals surface area (Å²) in [7, 11) is 0. The molecular formula is C18H12F4. The van der Waals surface area contributed by atoms with Crippen LogP contribution in [-0.4, -0.2) is 0 Å². The van der Waals surface area contributed by atoms with E-state index in [4.69, 9.17) is 0 Å². The van der Waals surface area contributed by atoms with Crippen LogP contribution < -0.4 is 0 Å². The van der Waals surface area contributed by atoms with Crippen molar-refractivity contribution < 1.29 is 17.6 Å². The van der Waals surface area contributed by atoms with Crippen LogP contribution in [0, 0.1) is 23.3 Å². The van der Waals surface area contributed by atoms with Gasteiger partial charge in [-0.3, -0.25) is 0 Å². The Balaban J connectivity index is 2.21. The van der Waals surface area contributed by atoms with Gasteiger partial charge in [0.1, 0.15) is 0 Å². The molecule has 3 aromatic carbocycles. The van der Waals surface area contributed by atoms with Gasteiger partial charge < -0.3 is 0 Å². The van der Waals surface area contributed by atoms with Crippen molar-refractivity contribution in [1.82, 2.24) is 0 Å². The maximum atomic E-state index is 14.0. The molecule has 0 amide bonds. The van der Waals surface area contributed by atoms with Crippen molar-refractivity contribution in [3.8, 4) is 0 Å². The number of rotatable bonds is 2. The van der Waals surface area contributed by atoms with E-state index >= 15 is 0 Å². The Kier molecular flexibility index (Phi) is 3.61. The first-order valence-corrected chi connectivity index (χ1v) is 6.81. The number of halogens is 4. The van der Waals surface area contributed by atoms with Crippen LogP contribution in [0.1, 0.15) is 24.0 Å². The normalized spacial score (nSPS) is 12.6. The number of fused-ring (bicyclic) bond motifs is 1. The van der Waals surface area contributed by atoms with Crippen molar-refractivity contribution >= 4 is 10.8 Å². The molecule has 0 saturated heterocycles. The van der Waals surface area contributed by atoms with Crippen LogP contribution in [0.4, 0.5) is 17.6 Å². The molecule has 0 radical (unpaired) electrons. The Morgan fingerprint density at radius 1 is 0.727 bits per heavy atom. The number of hydrogen-bond acceptors (Lipinski definition) is 0. The maximum absolute atomic E-state index is 14.0. The van der Waals surface area contributed by atoms with Gasteiger partial charge >= 0.3 is 0 Å². The average Bonchev–Trinajstić information content (AvgIpc) is 2.55. The van der Waals surface area contributed by atoms with Gasteiger partial charge in [0.2, 0.25) is 0 Å². The minimum atomic E-state index is -1.79. The lowest BCUT2D eigenvalue weighted by Gasteiger charge is -2.16. The first-order chi connectivity index (χ1) is 10.5. The van der Waals surface area contributed by atoms with Gasteiger partial charge in [-0.25, -0.2) is 17.6 Å². The highest BCUT2D eigenvalue weighted by Crippen LogP contribution is 2.33. The summed E-state index contributed by atoms with van der Waals surface area (Å²) in [5.41, 5.74) is 0.523. The van der Waals surface area contributed by atoms with Crippen LogP contribution in [0.5, 0.6) is 0 Å². The van der Waals surface area contributed by atoms with Crippen LogP contribution in [0.3, 0.4) is 0 Å². The quantitative estimate of drug-likeness (QED) is 0.331. The third-order valence-corrected chi connectivity index (χ3v) is 3.89. The minimum Gasteiger partial charge on any atom is -0.204 e. The Bertz CT molecular complexity index is 850. The number of hydrogen-bond donors (Lipinski definition) is 0. The second-order valence-corrected chi connectivity index (χ2v) is 5.18. The van der Waals surface area contributed by atoms with Crippen molar-refractivity contribution in [2.75, 3.05) is 0 Å². The fourth-order valence-corrected chi connectivity index (χ4v) is 2.70. The second-order valence-electron chi connectivity index (χ2n) is 5.18. The third-order valence-electron chi connectivity index (χ3n) is 3.89. The highest BCUT2D eigenvalue weighted by atomic mass is 19.2. The highest BCUT2D eigenvalue weighted by molar-refractivity contribution is 5.86. The van der Waals surface area contributed by atoms with Crippen molar-refractivity contribution in [1.29, 1.82) is 0 Å². The van der Waals surface area contributed by atoms with E-state index in [1.807, 2.05) is 30.3 Å². The maximum Gasteiger partial charge on any atom is 0.197 e. The summed E-state index contributed by atoms with van der Waals surface area (Å²) in [5, 5.41) is 1.80. The zero-order valence-corrected chi connectivity index (χ0v) is 11.7. The molecule has 0 aliphatic heterocycles. The first-order valence-electron chi connectivity index (χ1n) is 6.81. The van der Waals surface area contributed by atoms with Crippen molar-refractivity contribution in [3.05, 3.63) is 82.9 Å². The molecule has 0 aromatic heterocycles. The third kappa shape index (κ3) is 2.25. The van der Waals surface area contributed by atoms with Crippen molar-refractivity contribution in [2.45, 2.75) is 12.8 Å². The molecule has 4 heteroatoms. The Morgan fingerprint density at radius 2 is 1.41 bits per heavy atom. The molecule has 0 aliphatic rings. The Morgan fingerprint density at radius 3 is 2.18 bits per heavy atom. The standard InChI is InChI=1S/C18H12F4/c1-10(14-9-15(19)17(21)18(22)16(14)20)12-8-4-6-11-5-2-3-7-13(11)12/h2-10H,1H3. The summed E-state index contributed by atoms with van der Waals surface area (Å²) in [6.45, 7) is 1.64. The van der Waals surface area contributed by atoms with E-state index < -0.39 is 29.2 Å². The molecule has 1 unspecified atom stereocenters. The predicted octanol–water partition coefficient (Wildman–Crippen LogP) is 5.55. The predicted molar refractivity (Wildman–Crippen MR) is 77.7 cm³/mol. The number of benzene rings is 3. The molecule has 0 heterocycles. The molecule has 3 aromatic rings. The Hall–Kier alpha value is -2.36. The van der Waals surface area contributed by atoms with E-state index in [-0.39, 0.29) is 5.56 Å². The molecule has 0 fully saturated rings. The molecule has 0 nitrogen and oxygen atoms in total. The van der Waals surface area contributed by atoms with Gasteiger partial charge in [-0.2, -0.15) is 0 Å². The van der Waals surface area contributed by atoms with Crippen LogP contribution in [-0.2, 0) is 0 Å². The molecule has 3 rings (SSSR count). The van der Waals surface area contributed by atoms with Crippen LogP contribution in [0.2, 0.25) is 0 Å². The van der Waals surface area contributed by atoms with Crippen LogP contribution >= 0.6 is 0 Å². The second kappa shape index (κ2) is 5.44. The van der Waals surface area contributed by atoms with E-state index in [2.05, 4.69) is 0 Å². The highest BCUT2D eigenvalue weighted by Gasteiger charge is 2.23. The lowest BCUT2D eigenvalue weighted by atomic mass is 9.89. The van der Waals surface area contributed by atoms with Gasteiger partial charge in [-0.05, 0) is 22.4 Å². The zero-order chi connectivity index (χ0) is 15.9. The summed E-state index contributed by atoms with van der Waals surface area (Å²) in [4.78, 5) is 0. The molecular weight excluding hydrogens is 292 g/mol. The van der Waals surface area contributed by atoms with Gasteiger partial charge in [0, 0.05) is 11.5 Å². The summed E-state index contributed by atoms with van der Waals surface area (Å²) in [6.07, 6.45) is 0. The zero-order valence-electron chi connectivity index (χ0n) is 11.7. The van der Waals surface area contributed by atoms with Gasteiger partial charge in [0.15, 0.2) is 23.3 Å². The summed E-state index contributed by atoms with van der Waals surface area (Å²) in [5.74, 6) is -6.91. The van der Waals surface area contributed by atoms with Gasteiger partial charge in [0.25, 0.3) is 0 Å². The molecule has 22 heavy (non-hydrogen) atoms. The molecule has 1 atom stereocenters. The van der Waals surface area contributed by atoms with E-state index in [1.54, 1.807) is 19.1 Å². The van der Waals surface area contributed by atoms with Gasteiger partial charge in [-0.1, -0.05) is 49.4 Å². The molecule has 0 aliphatic carbocycles. The minimum absolute atomic E-state index is 0.201. The topological polar surface area (TPSA) is 0 Å². The largest absolute Gasteiger partial charge is 0.204 e. The summed E-state index contributed by atoms with van der Waals surface area (Å²) >= 11 is 0. The molecule has 112 valence electrons. The monoisotopic (exact) mass is 304 g/mol. The van der Waals surface area contributed by atoms with Gasteiger partial charge in [0.05, 0.1) is 0 Å². The van der Waals surface area contributed by atoms with Crippen molar-refractivity contribution in [3.63, 3.8) is 0 Å². The van der Waals surface area contributed by atoms with E-state index in [0.29, 0.717) is 0 Å².